The zero-order valence-corrected chi connectivity index (χ0v) is 20.5. The molecule has 2 atom stereocenters. The number of nitrogens with zero attached hydrogens (tertiary/aromatic N) is 3. The molecule has 0 bridgehead atoms. The van der Waals surface area contributed by atoms with Crippen LogP contribution in [0, 0.1) is 0 Å². The first-order valence-corrected chi connectivity index (χ1v) is 10.7. The molecule has 1 aromatic carbocycles. The summed E-state index contributed by atoms with van der Waals surface area (Å²) in [6.45, 7) is 11.4. The zero-order valence-electron chi connectivity index (χ0n) is 17.3. The third-order valence-corrected chi connectivity index (χ3v) is 5.99. The summed E-state index contributed by atoms with van der Waals surface area (Å²) >= 11 is 0. The van der Waals surface area contributed by atoms with Crippen LogP contribution in [0.3, 0.4) is 0 Å². The zero-order chi connectivity index (χ0) is 19.9. The van der Waals surface area contributed by atoms with Crippen molar-refractivity contribution < 1.29 is 4.21 Å². The lowest BCUT2D eigenvalue weighted by molar-refractivity contribution is 0.648. The molecule has 2 aromatic rings. The van der Waals surface area contributed by atoms with Gasteiger partial charge in [-0.05, 0) is 58.4 Å². The summed E-state index contributed by atoms with van der Waals surface area (Å²) in [6.07, 6.45) is 3.70. The van der Waals surface area contributed by atoms with E-state index in [4.69, 9.17) is 0 Å². The highest BCUT2D eigenvalue weighted by Gasteiger charge is 2.18. The minimum atomic E-state index is -0.899. The molecule has 0 fully saturated rings. The molecule has 0 amide bonds. The monoisotopic (exact) mass is 517 g/mol. The highest BCUT2D eigenvalue weighted by molar-refractivity contribution is 14.0. The van der Waals surface area contributed by atoms with Gasteiger partial charge in [0.25, 0.3) is 0 Å². The van der Waals surface area contributed by atoms with Crippen molar-refractivity contribution in [2.45, 2.75) is 45.4 Å². The second-order valence-electron chi connectivity index (χ2n) is 7.33. The van der Waals surface area contributed by atoms with Crippen molar-refractivity contribution in [2.75, 3.05) is 18.8 Å². The minimum Gasteiger partial charge on any atom is -0.357 e. The number of halogens is 1. The summed E-state index contributed by atoms with van der Waals surface area (Å²) < 4.78 is 13.8. The highest BCUT2D eigenvalue weighted by atomic mass is 127. The van der Waals surface area contributed by atoms with Crippen molar-refractivity contribution in [1.29, 1.82) is 0 Å². The van der Waals surface area contributed by atoms with E-state index in [1.807, 2.05) is 56.8 Å². The van der Waals surface area contributed by atoms with E-state index in [9.17, 15) is 4.21 Å². The first kappa shape index (κ1) is 24.6. The summed E-state index contributed by atoms with van der Waals surface area (Å²) in [5.74, 6) is 1.30. The van der Waals surface area contributed by atoms with E-state index in [-0.39, 0.29) is 34.8 Å². The molecule has 2 rings (SSSR count). The number of hydrogen-bond donors (Lipinski definition) is 2. The van der Waals surface area contributed by atoms with Gasteiger partial charge >= 0.3 is 0 Å². The van der Waals surface area contributed by atoms with Crippen molar-refractivity contribution in [3.05, 3.63) is 48.3 Å². The Morgan fingerprint density at radius 2 is 2.07 bits per heavy atom. The largest absolute Gasteiger partial charge is 0.357 e. The van der Waals surface area contributed by atoms with E-state index in [1.165, 1.54) is 0 Å². The smallest absolute Gasteiger partial charge is 0.191 e. The van der Waals surface area contributed by atoms with Gasteiger partial charge < -0.3 is 10.6 Å². The fourth-order valence-electron chi connectivity index (χ4n) is 2.51. The fraction of sp³-hybridized carbons (Fsp3) is 0.500. The second-order valence-corrected chi connectivity index (χ2v) is 9.66. The van der Waals surface area contributed by atoms with Crippen LogP contribution in [0.15, 0.2) is 47.7 Å². The molecule has 0 aliphatic rings. The van der Waals surface area contributed by atoms with Crippen molar-refractivity contribution in [3.8, 4) is 5.69 Å². The van der Waals surface area contributed by atoms with Gasteiger partial charge in [-0.15, -0.1) is 24.0 Å². The molecule has 1 aromatic heterocycles. The van der Waals surface area contributed by atoms with Crippen molar-refractivity contribution >= 4 is 40.7 Å². The Hall–Kier alpha value is -1.42. The molecule has 28 heavy (non-hydrogen) atoms. The van der Waals surface area contributed by atoms with Gasteiger partial charge in [-0.1, -0.05) is 12.1 Å². The highest BCUT2D eigenvalue weighted by Crippen LogP contribution is 2.16. The summed E-state index contributed by atoms with van der Waals surface area (Å²) in [6, 6.07) is 10.2. The van der Waals surface area contributed by atoms with Crippen LogP contribution in [0.25, 0.3) is 5.69 Å². The summed E-state index contributed by atoms with van der Waals surface area (Å²) in [4.78, 5) is 4.59. The maximum atomic E-state index is 12.2. The lowest BCUT2D eigenvalue weighted by Crippen LogP contribution is -2.39. The van der Waals surface area contributed by atoms with Crippen molar-refractivity contribution in [2.24, 2.45) is 4.99 Å². The molecule has 1 heterocycles. The molecule has 0 radical (unpaired) electrons. The predicted molar refractivity (Wildman–Crippen MR) is 129 cm³/mol. The Bertz CT molecular complexity index is 771. The van der Waals surface area contributed by atoms with Gasteiger partial charge in [-0.3, -0.25) is 9.20 Å². The van der Waals surface area contributed by atoms with E-state index < -0.39 is 10.8 Å². The molecule has 6 nitrogen and oxygen atoms in total. The van der Waals surface area contributed by atoms with Gasteiger partial charge in [-0.2, -0.15) is 5.10 Å². The van der Waals surface area contributed by atoms with Crippen LogP contribution in [0.5, 0.6) is 0 Å². The Balaban J connectivity index is 0.00000392. The maximum Gasteiger partial charge on any atom is 0.191 e. The Morgan fingerprint density at radius 3 is 2.68 bits per heavy atom. The number of rotatable bonds is 7. The Morgan fingerprint density at radius 1 is 1.32 bits per heavy atom. The average Bonchev–Trinajstić information content (AvgIpc) is 3.15. The molecular weight excluding hydrogens is 485 g/mol. The maximum absolute atomic E-state index is 12.2. The number of aliphatic imine (C=N–C) groups is 1. The van der Waals surface area contributed by atoms with Crippen LogP contribution in [-0.4, -0.2) is 43.5 Å². The lowest BCUT2D eigenvalue weighted by Gasteiger charge is -2.20. The SMILES string of the molecule is CCNC(=NCCS(=O)C(C)(C)C)NC(C)c1cccc(-n2cccn2)c1.I. The van der Waals surface area contributed by atoms with Crippen LogP contribution < -0.4 is 10.6 Å². The van der Waals surface area contributed by atoms with Gasteiger partial charge in [0.1, 0.15) is 0 Å². The summed E-state index contributed by atoms with van der Waals surface area (Å²) in [5, 5.41) is 11.0. The standard InChI is InChI=1S/C20H31N5OS.HI/c1-6-21-19(22-12-14-27(26)20(3,4)5)24-16(2)17-9-7-10-18(15-17)25-13-8-11-23-25;/h7-11,13,15-16H,6,12,14H2,1-5H3,(H2,21,22,24);1H. The van der Waals surface area contributed by atoms with Gasteiger partial charge in [-0.25, -0.2) is 4.68 Å². The summed E-state index contributed by atoms with van der Waals surface area (Å²) in [7, 11) is -0.899. The topological polar surface area (TPSA) is 71.3 Å². The van der Waals surface area contributed by atoms with Crippen LogP contribution in [-0.2, 0) is 10.8 Å². The van der Waals surface area contributed by atoms with E-state index in [0.717, 1.165) is 23.8 Å². The van der Waals surface area contributed by atoms with E-state index in [0.29, 0.717) is 12.3 Å². The molecule has 2 unspecified atom stereocenters. The number of nitrogens with one attached hydrogen (secondary N) is 2. The molecule has 0 aliphatic carbocycles. The molecule has 8 heteroatoms. The third kappa shape index (κ3) is 7.54. The van der Waals surface area contributed by atoms with Gasteiger partial charge in [0.2, 0.25) is 0 Å². The number of hydrogen-bond acceptors (Lipinski definition) is 3. The predicted octanol–water partition coefficient (Wildman–Crippen LogP) is 3.65. The van der Waals surface area contributed by atoms with Gasteiger partial charge in [0.15, 0.2) is 5.96 Å². The van der Waals surface area contributed by atoms with Crippen LogP contribution in [0.1, 0.15) is 46.2 Å². The number of aromatic nitrogens is 2. The van der Waals surface area contributed by atoms with Gasteiger partial charge in [0, 0.05) is 40.2 Å². The first-order chi connectivity index (χ1) is 12.8. The normalized spacial score (nSPS) is 14.1. The second kappa shape index (κ2) is 11.5. The van der Waals surface area contributed by atoms with Crippen LogP contribution >= 0.6 is 24.0 Å². The van der Waals surface area contributed by atoms with Gasteiger partial charge in [0.05, 0.1) is 18.3 Å². The third-order valence-electron chi connectivity index (χ3n) is 4.07. The average molecular weight is 517 g/mol. The number of guanidine groups is 1. The van der Waals surface area contributed by atoms with Crippen molar-refractivity contribution in [3.63, 3.8) is 0 Å². The van der Waals surface area contributed by atoms with E-state index >= 15 is 0 Å². The molecule has 0 spiro atoms. The molecule has 0 saturated carbocycles. The van der Waals surface area contributed by atoms with E-state index in [1.54, 1.807) is 6.20 Å². The fourth-order valence-corrected chi connectivity index (χ4v) is 3.38. The summed E-state index contributed by atoms with van der Waals surface area (Å²) in [5.41, 5.74) is 2.17. The molecule has 156 valence electrons. The van der Waals surface area contributed by atoms with Crippen LogP contribution in [0.4, 0.5) is 0 Å². The molecule has 0 saturated heterocycles. The first-order valence-electron chi connectivity index (χ1n) is 9.34. The minimum absolute atomic E-state index is 0. The molecule has 2 N–H and O–H groups in total. The quantitative estimate of drug-likeness (QED) is 0.334. The molecule has 0 aliphatic heterocycles. The van der Waals surface area contributed by atoms with Crippen molar-refractivity contribution in [1.82, 2.24) is 20.4 Å². The lowest BCUT2D eigenvalue weighted by atomic mass is 10.1. The number of benzene rings is 1. The Labute approximate surface area is 188 Å². The van der Waals surface area contributed by atoms with E-state index in [2.05, 4.69) is 39.8 Å². The Kier molecular flexibility index (Phi) is 10.2. The van der Waals surface area contributed by atoms with Crippen LogP contribution in [0.2, 0.25) is 0 Å². The molecular formula is C20H32IN5OS.